The summed E-state index contributed by atoms with van der Waals surface area (Å²) in [5, 5.41) is 17.7. The zero-order valence-corrected chi connectivity index (χ0v) is 17.8. The van der Waals surface area contributed by atoms with Crippen molar-refractivity contribution in [2.45, 2.75) is 45.3 Å². The van der Waals surface area contributed by atoms with Crippen LogP contribution in [-0.4, -0.2) is 58.5 Å². The summed E-state index contributed by atoms with van der Waals surface area (Å²) in [7, 11) is 0. The number of H-pyrrole nitrogens is 1. The molecule has 2 aromatic rings. The van der Waals surface area contributed by atoms with Gasteiger partial charge in [-0.15, -0.1) is 0 Å². The van der Waals surface area contributed by atoms with Crippen LogP contribution < -0.4 is 21.7 Å². The number of carbonyl (C=O) groups is 4. The predicted octanol–water partition coefficient (Wildman–Crippen LogP) is -0.116. The van der Waals surface area contributed by atoms with Crippen LogP contribution in [0, 0.1) is 5.92 Å². The minimum absolute atomic E-state index is 0.132. The average molecular weight is 431 g/mol. The Morgan fingerprint density at radius 2 is 1.74 bits per heavy atom. The van der Waals surface area contributed by atoms with Crippen molar-refractivity contribution >= 4 is 34.6 Å². The zero-order chi connectivity index (χ0) is 23.1. The second-order valence-corrected chi connectivity index (χ2v) is 7.76. The van der Waals surface area contributed by atoms with Crippen LogP contribution in [0.25, 0.3) is 10.9 Å². The number of benzene rings is 1. The Kier molecular flexibility index (Phi) is 8.14. The van der Waals surface area contributed by atoms with Gasteiger partial charge < -0.3 is 31.8 Å². The van der Waals surface area contributed by atoms with Crippen LogP contribution >= 0.6 is 0 Å². The number of fused-ring (bicyclic) bond motifs is 1. The number of nitrogens with two attached hydrogens (primary N) is 1. The molecule has 31 heavy (non-hydrogen) atoms. The van der Waals surface area contributed by atoms with E-state index in [-0.39, 0.29) is 18.9 Å². The third-order valence-corrected chi connectivity index (χ3v) is 4.82. The second-order valence-electron chi connectivity index (χ2n) is 7.76. The molecule has 1 heterocycles. The molecule has 1 aromatic carbocycles. The highest BCUT2D eigenvalue weighted by atomic mass is 16.4. The monoisotopic (exact) mass is 431 g/mol. The van der Waals surface area contributed by atoms with Crippen LogP contribution in [0.1, 0.15) is 26.3 Å². The molecular weight excluding hydrogens is 402 g/mol. The van der Waals surface area contributed by atoms with Crippen molar-refractivity contribution in [3.8, 4) is 0 Å². The zero-order valence-electron chi connectivity index (χ0n) is 17.8. The van der Waals surface area contributed by atoms with Gasteiger partial charge in [-0.25, -0.2) is 4.79 Å². The highest BCUT2D eigenvalue weighted by Crippen LogP contribution is 2.19. The Bertz CT molecular complexity index is 953. The van der Waals surface area contributed by atoms with Gasteiger partial charge in [0.1, 0.15) is 12.1 Å². The quantitative estimate of drug-likeness (QED) is 0.307. The molecule has 0 spiro atoms. The number of aromatic nitrogens is 1. The van der Waals surface area contributed by atoms with Crippen LogP contribution in [0.5, 0.6) is 0 Å². The summed E-state index contributed by atoms with van der Waals surface area (Å²) in [6.07, 6.45) is 1.87. The molecule has 7 N–H and O–H groups in total. The van der Waals surface area contributed by atoms with E-state index >= 15 is 0 Å². The number of amides is 3. The lowest BCUT2D eigenvalue weighted by Gasteiger charge is -2.23. The predicted molar refractivity (Wildman–Crippen MR) is 115 cm³/mol. The molecule has 2 rings (SSSR count). The molecule has 0 fully saturated rings. The summed E-state index contributed by atoms with van der Waals surface area (Å²) in [4.78, 5) is 51.5. The van der Waals surface area contributed by atoms with Crippen molar-refractivity contribution in [2.75, 3.05) is 6.54 Å². The molecule has 10 heteroatoms. The van der Waals surface area contributed by atoms with Gasteiger partial charge in [0.25, 0.3) is 0 Å². The number of nitrogens with one attached hydrogen (secondary N) is 4. The fourth-order valence-electron chi connectivity index (χ4n) is 3.07. The van der Waals surface area contributed by atoms with Crippen LogP contribution in [0.4, 0.5) is 0 Å². The van der Waals surface area contributed by atoms with Crippen molar-refractivity contribution in [1.82, 2.24) is 20.9 Å². The number of para-hydroxylation sites is 1. The van der Waals surface area contributed by atoms with E-state index in [1.165, 1.54) is 6.92 Å². The van der Waals surface area contributed by atoms with E-state index in [9.17, 15) is 24.3 Å². The van der Waals surface area contributed by atoms with Crippen molar-refractivity contribution in [1.29, 1.82) is 0 Å². The number of hydrogen-bond donors (Lipinski definition) is 6. The molecule has 0 aliphatic rings. The van der Waals surface area contributed by atoms with Crippen LogP contribution in [0.3, 0.4) is 0 Å². The number of carbonyl (C=O) groups excluding carboxylic acids is 3. The van der Waals surface area contributed by atoms with E-state index in [4.69, 9.17) is 5.73 Å². The standard InChI is InChI=1S/C21H29N5O5/c1-11(2)18(21(30)31)26-20(29)16(25-17(27)10-24-19(28)12(3)22)8-13-9-23-15-7-5-4-6-14(13)15/h4-7,9,11-12,16,18,23H,8,10,22H2,1-3H3,(H,24,28)(H,25,27)(H,26,29)(H,30,31). The lowest BCUT2D eigenvalue weighted by Crippen LogP contribution is -2.55. The number of carboxylic acid groups (broad SMARTS) is 1. The third kappa shape index (κ3) is 6.54. The van der Waals surface area contributed by atoms with Crippen molar-refractivity contribution in [2.24, 2.45) is 11.7 Å². The highest BCUT2D eigenvalue weighted by Gasteiger charge is 2.29. The molecule has 0 saturated carbocycles. The lowest BCUT2D eigenvalue weighted by molar-refractivity contribution is -0.143. The summed E-state index contributed by atoms with van der Waals surface area (Å²) >= 11 is 0. The molecule has 0 bridgehead atoms. The average Bonchev–Trinajstić information content (AvgIpc) is 3.11. The van der Waals surface area contributed by atoms with Gasteiger partial charge in [-0.05, 0) is 24.5 Å². The maximum atomic E-state index is 12.9. The molecule has 1 aromatic heterocycles. The van der Waals surface area contributed by atoms with Crippen LogP contribution in [0.2, 0.25) is 0 Å². The van der Waals surface area contributed by atoms with Gasteiger partial charge in [-0.1, -0.05) is 32.0 Å². The van der Waals surface area contributed by atoms with E-state index in [1.54, 1.807) is 20.0 Å². The van der Waals surface area contributed by atoms with Gasteiger partial charge in [0.2, 0.25) is 17.7 Å². The normalized spacial score (nSPS) is 14.0. The molecule has 0 radical (unpaired) electrons. The van der Waals surface area contributed by atoms with E-state index in [0.717, 1.165) is 16.5 Å². The number of rotatable bonds is 10. The first-order valence-corrected chi connectivity index (χ1v) is 10.0. The molecule has 10 nitrogen and oxygen atoms in total. The fraction of sp³-hybridized carbons (Fsp3) is 0.429. The lowest BCUT2D eigenvalue weighted by atomic mass is 10.0. The summed E-state index contributed by atoms with van der Waals surface area (Å²) in [5.41, 5.74) is 7.12. The smallest absolute Gasteiger partial charge is 0.326 e. The largest absolute Gasteiger partial charge is 0.480 e. The topological polar surface area (TPSA) is 166 Å². The van der Waals surface area contributed by atoms with Gasteiger partial charge in [0.05, 0.1) is 12.6 Å². The SMILES string of the molecule is CC(N)C(=O)NCC(=O)NC(Cc1c[nH]c2ccccc12)C(=O)NC(C(=O)O)C(C)C. The Hall–Kier alpha value is -3.40. The van der Waals surface area contributed by atoms with E-state index in [0.29, 0.717) is 0 Å². The van der Waals surface area contributed by atoms with Gasteiger partial charge in [-0.2, -0.15) is 0 Å². The number of aromatic amines is 1. The van der Waals surface area contributed by atoms with E-state index in [1.807, 2.05) is 24.3 Å². The fourth-order valence-corrected chi connectivity index (χ4v) is 3.07. The van der Waals surface area contributed by atoms with E-state index < -0.39 is 41.8 Å². The Labute approximate surface area is 179 Å². The van der Waals surface area contributed by atoms with Crippen molar-refractivity contribution < 1.29 is 24.3 Å². The van der Waals surface area contributed by atoms with Gasteiger partial charge in [0, 0.05) is 23.5 Å². The maximum Gasteiger partial charge on any atom is 0.326 e. The summed E-state index contributed by atoms with van der Waals surface area (Å²) in [6, 6.07) is 4.57. The van der Waals surface area contributed by atoms with Crippen molar-refractivity contribution in [3.63, 3.8) is 0 Å². The van der Waals surface area contributed by atoms with Crippen molar-refractivity contribution in [3.05, 3.63) is 36.0 Å². The summed E-state index contributed by atoms with van der Waals surface area (Å²) in [6.45, 7) is 4.48. The van der Waals surface area contributed by atoms with Gasteiger partial charge in [0.15, 0.2) is 0 Å². The van der Waals surface area contributed by atoms with Crippen LogP contribution in [0.15, 0.2) is 30.5 Å². The molecule has 3 amide bonds. The first-order valence-electron chi connectivity index (χ1n) is 10.0. The Balaban J connectivity index is 2.19. The Morgan fingerprint density at radius 3 is 2.35 bits per heavy atom. The molecular formula is C21H29N5O5. The first kappa shape index (κ1) is 23.9. The molecule has 0 aliphatic heterocycles. The minimum atomic E-state index is -1.16. The van der Waals surface area contributed by atoms with Crippen LogP contribution in [-0.2, 0) is 25.6 Å². The molecule has 168 valence electrons. The molecule has 0 saturated heterocycles. The maximum absolute atomic E-state index is 12.9. The first-order chi connectivity index (χ1) is 14.6. The molecule has 0 aliphatic carbocycles. The summed E-state index contributed by atoms with van der Waals surface area (Å²) < 4.78 is 0. The van der Waals surface area contributed by atoms with E-state index in [2.05, 4.69) is 20.9 Å². The highest BCUT2D eigenvalue weighted by molar-refractivity contribution is 5.93. The summed E-state index contributed by atoms with van der Waals surface area (Å²) in [5.74, 6) is -3.23. The number of aliphatic carboxylic acids is 1. The van der Waals surface area contributed by atoms with Gasteiger partial charge in [-0.3, -0.25) is 14.4 Å². The minimum Gasteiger partial charge on any atom is -0.480 e. The Morgan fingerprint density at radius 1 is 1.06 bits per heavy atom. The molecule has 3 atom stereocenters. The third-order valence-electron chi connectivity index (χ3n) is 4.82. The molecule has 3 unspecified atom stereocenters. The number of hydrogen-bond acceptors (Lipinski definition) is 5. The second kappa shape index (κ2) is 10.6. The number of carboxylic acids is 1. The van der Waals surface area contributed by atoms with Gasteiger partial charge >= 0.3 is 5.97 Å².